The quantitative estimate of drug-likeness (QED) is 0.725. The van der Waals surface area contributed by atoms with Gasteiger partial charge in [-0.05, 0) is 17.7 Å². The van der Waals surface area contributed by atoms with E-state index in [4.69, 9.17) is 0 Å². The average Bonchev–Trinajstić information content (AvgIpc) is 3.17. The maximum absolute atomic E-state index is 14.4. The molecule has 134 valence electrons. The lowest BCUT2D eigenvalue weighted by molar-refractivity contribution is 0.0604. The molecule has 1 aliphatic heterocycles. The summed E-state index contributed by atoms with van der Waals surface area (Å²) in [6.45, 7) is 2.92. The van der Waals surface area contributed by atoms with Crippen molar-refractivity contribution in [1.82, 2.24) is 19.2 Å². The van der Waals surface area contributed by atoms with Crippen molar-refractivity contribution in [1.29, 1.82) is 0 Å². The van der Waals surface area contributed by atoms with Crippen LogP contribution in [0.15, 0.2) is 61.1 Å². The molecule has 1 atom stereocenters. The molecule has 1 fully saturated rings. The van der Waals surface area contributed by atoms with Crippen LogP contribution in [0.1, 0.15) is 22.1 Å². The van der Waals surface area contributed by atoms with Gasteiger partial charge in [-0.25, -0.2) is 9.37 Å². The number of halogens is 1. The van der Waals surface area contributed by atoms with Crippen molar-refractivity contribution in [2.45, 2.75) is 6.17 Å². The van der Waals surface area contributed by atoms with Crippen molar-refractivity contribution in [3.63, 3.8) is 0 Å². The topological polar surface area (TPSA) is 40.9 Å². The molecule has 1 saturated heterocycles. The molecule has 6 heteroatoms. The molecule has 0 saturated carbocycles. The number of alkyl halides is 1. The minimum Gasteiger partial charge on any atom is -0.336 e. The molecule has 1 aliphatic rings. The molecule has 0 bridgehead atoms. The summed E-state index contributed by atoms with van der Waals surface area (Å²) in [5, 5.41) is 0. The number of rotatable bonds is 4. The van der Waals surface area contributed by atoms with E-state index in [0.717, 1.165) is 0 Å². The first-order chi connectivity index (χ1) is 12.7. The van der Waals surface area contributed by atoms with E-state index in [1.807, 2.05) is 64.2 Å². The third-order valence-corrected chi connectivity index (χ3v) is 4.89. The first kappa shape index (κ1) is 16.7. The van der Waals surface area contributed by atoms with Gasteiger partial charge in [-0.3, -0.25) is 9.69 Å². The van der Waals surface area contributed by atoms with Crippen LogP contribution in [0.25, 0.3) is 5.65 Å². The third kappa shape index (κ3) is 3.32. The summed E-state index contributed by atoms with van der Waals surface area (Å²) in [4.78, 5) is 21.0. The number of fused-ring (bicyclic) bond motifs is 1. The van der Waals surface area contributed by atoms with E-state index in [1.165, 1.54) is 0 Å². The maximum Gasteiger partial charge on any atom is 0.257 e. The van der Waals surface area contributed by atoms with E-state index in [-0.39, 0.29) is 5.91 Å². The molecule has 0 spiro atoms. The lowest BCUT2D eigenvalue weighted by atomic mass is 10.1. The maximum atomic E-state index is 14.4. The molecule has 4 rings (SSSR count). The minimum absolute atomic E-state index is 0.0127. The molecule has 3 aromatic rings. The molecule has 1 aromatic carbocycles. The zero-order valence-corrected chi connectivity index (χ0v) is 14.5. The Hall–Kier alpha value is -2.73. The van der Waals surface area contributed by atoms with Crippen molar-refractivity contribution in [3.8, 4) is 0 Å². The normalized spacial score (nSPS) is 16.7. The molecule has 5 nitrogen and oxygen atoms in total. The SMILES string of the molecule is O=C(c1cccn2ccnc12)N1CCN(CC(F)c2ccccc2)CC1. The predicted octanol–water partition coefficient (Wildman–Crippen LogP) is 2.80. The number of hydrogen-bond donors (Lipinski definition) is 0. The number of carbonyl (C=O) groups excluding carboxylic acids is 1. The fraction of sp³-hybridized carbons (Fsp3) is 0.300. The van der Waals surface area contributed by atoms with Crippen LogP contribution in [0.3, 0.4) is 0 Å². The lowest BCUT2D eigenvalue weighted by Crippen LogP contribution is -2.49. The fourth-order valence-corrected chi connectivity index (χ4v) is 3.41. The predicted molar refractivity (Wildman–Crippen MR) is 97.8 cm³/mol. The zero-order valence-electron chi connectivity index (χ0n) is 14.5. The van der Waals surface area contributed by atoms with Gasteiger partial charge in [0.25, 0.3) is 5.91 Å². The monoisotopic (exact) mass is 352 g/mol. The summed E-state index contributed by atoms with van der Waals surface area (Å²) in [7, 11) is 0. The highest BCUT2D eigenvalue weighted by molar-refractivity contribution is 5.99. The van der Waals surface area contributed by atoms with E-state index < -0.39 is 6.17 Å². The highest BCUT2D eigenvalue weighted by Crippen LogP contribution is 2.20. The second-order valence-corrected chi connectivity index (χ2v) is 6.55. The van der Waals surface area contributed by atoms with E-state index in [0.29, 0.717) is 49.5 Å². The van der Waals surface area contributed by atoms with Gasteiger partial charge in [-0.2, -0.15) is 0 Å². The van der Waals surface area contributed by atoms with Crippen molar-refractivity contribution in [3.05, 3.63) is 72.2 Å². The Labute approximate surface area is 151 Å². The van der Waals surface area contributed by atoms with Gasteiger partial charge in [-0.1, -0.05) is 30.3 Å². The summed E-state index contributed by atoms with van der Waals surface area (Å²) in [6.07, 6.45) is 4.39. The fourth-order valence-electron chi connectivity index (χ4n) is 3.41. The van der Waals surface area contributed by atoms with Crippen molar-refractivity contribution in [2.75, 3.05) is 32.7 Å². The Morgan fingerprint density at radius 3 is 2.58 bits per heavy atom. The molecule has 0 radical (unpaired) electrons. The Morgan fingerprint density at radius 2 is 1.81 bits per heavy atom. The van der Waals surface area contributed by atoms with Crippen LogP contribution in [0.4, 0.5) is 4.39 Å². The van der Waals surface area contributed by atoms with E-state index in [2.05, 4.69) is 9.88 Å². The minimum atomic E-state index is -1.00. The van der Waals surface area contributed by atoms with Gasteiger partial charge < -0.3 is 9.30 Å². The van der Waals surface area contributed by atoms with Gasteiger partial charge in [0.15, 0.2) is 0 Å². The lowest BCUT2D eigenvalue weighted by Gasteiger charge is -2.35. The van der Waals surface area contributed by atoms with E-state index >= 15 is 0 Å². The van der Waals surface area contributed by atoms with Gasteiger partial charge in [0.2, 0.25) is 0 Å². The molecule has 1 amide bonds. The first-order valence-corrected chi connectivity index (χ1v) is 8.85. The number of carbonyl (C=O) groups is 1. The highest BCUT2D eigenvalue weighted by Gasteiger charge is 2.25. The van der Waals surface area contributed by atoms with Crippen molar-refractivity contribution < 1.29 is 9.18 Å². The standard InChI is InChI=1S/C20H21FN4O/c21-18(16-5-2-1-3-6-16)15-23-11-13-25(14-12-23)20(26)17-7-4-9-24-10-8-22-19(17)24/h1-10,18H,11-15H2. The van der Waals surface area contributed by atoms with Gasteiger partial charge in [-0.15, -0.1) is 0 Å². The van der Waals surface area contributed by atoms with Crippen molar-refractivity contribution >= 4 is 11.6 Å². The first-order valence-electron chi connectivity index (χ1n) is 8.85. The number of aromatic nitrogens is 2. The number of piperazine rings is 1. The van der Waals surface area contributed by atoms with Crippen LogP contribution >= 0.6 is 0 Å². The molecule has 0 N–H and O–H groups in total. The Balaban J connectivity index is 1.37. The number of pyridine rings is 1. The number of hydrogen-bond acceptors (Lipinski definition) is 3. The summed E-state index contributed by atoms with van der Waals surface area (Å²) >= 11 is 0. The van der Waals surface area contributed by atoms with Gasteiger partial charge in [0.05, 0.1) is 5.56 Å². The van der Waals surface area contributed by atoms with Gasteiger partial charge in [0.1, 0.15) is 11.8 Å². The third-order valence-electron chi connectivity index (χ3n) is 4.89. The highest BCUT2D eigenvalue weighted by atomic mass is 19.1. The molecule has 1 unspecified atom stereocenters. The second kappa shape index (κ2) is 7.25. The second-order valence-electron chi connectivity index (χ2n) is 6.55. The zero-order chi connectivity index (χ0) is 17.9. The number of benzene rings is 1. The van der Waals surface area contributed by atoms with Gasteiger partial charge >= 0.3 is 0 Å². The Bertz CT molecular complexity index is 887. The van der Waals surface area contributed by atoms with Crippen LogP contribution < -0.4 is 0 Å². The summed E-state index contributed by atoms with van der Waals surface area (Å²) in [6, 6.07) is 12.9. The van der Waals surface area contributed by atoms with Crippen molar-refractivity contribution in [2.24, 2.45) is 0 Å². The van der Waals surface area contributed by atoms with E-state index in [9.17, 15) is 9.18 Å². The molecular weight excluding hydrogens is 331 g/mol. The number of imidazole rings is 1. The summed E-state index contributed by atoms with van der Waals surface area (Å²) < 4.78 is 16.3. The smallest absolute Gasteiger partial charge is 0.257 e. The molecule has 0 aliphatic carbocycles. The van der Waals surface area contributed by atoms with Crippen LogP contribution in [-0.2, 0) is 0 Å². The summed E-state index contributed by atoms with van der Waals surface area (Å²) in [5.41, 5.74) is 1.99. The Kier molecular flexibility index (Phi) is 4.67. The van der Waals surface area contributed by atoms with Crippen LogP contribution in [0, 0.1) is 0 Å². The average molecular weight is 352 g/mol. The van der Waals surface area contributed by atoms with E-state index in [1.54, 1.807) is 6.20 Å². The van der Waals surface area contributed by atoms with Crippen LogP contribution in [-0.4, -0.2) is 57.8 Å². The van der Waals surface area contributed by atoms with Gasteiger partial charge in [0, 0.05) is 51.3 Å². The molecule has 3 heterocycles. The summed E-state index contributed by atoms with van der Waals surface area (Å²) in [5.74, 6) is -0.0127. The number of nitrogens with zero attached hydrogens (tertiary/aromatic N) is 4. The number of amides is 1. The van der Waals surface area contributed by atoms with Crippen LogP contribution in [0.2, 0.25) is 0 Å². The Morgan fingerprint density at radius 1 is 1.04 bits per heavy atom. The molecule has 2 aromatic heterocycles. The molecular formula is C20H21FN4O. The molecule has 26 heavy (non-hydrogen) atoms. The van der Waals surface area contributed by atoms with Crippen LogP contribution in [0.5, 0.6) is 0 Å². The largest absolute Gasteiger partial charge is 0.336 e.